The molecule has 0 saturated heterocycles. The highest BCUT2D eigenvalue weighted by atomic mass is 79.9. The zero-order chi connectivity index (χ0) is 13.8. The largest absolute Gasteiger partial charge is 0.323 e. The highest BCUT2D eigenvalue weighted by molar-refractivity contribution is 9.10. The maximum absolute atomic E-state index is 13.7. The van der Waals surface area contributed by atoms with Gasteiger partial charge in [-0.05, 0) is 36.4 Å². The van der Waals surface area contributed by atoms with Gasteiger partial charge in [-0.25, -0.2) is 4.39 Å². The van der Waals surface area contributed by atoms with Gasteiger partial charge in [0.2, 0.25) is 0 Å². The fraction of sp³-hybridized carbons (Fsp3) is 0.143. The van der Waals surface area contributed by atoms with Crippen molar-refractivity contribution < 1.29 is 4.39 Å². The summed E-state index contributed by atoms with van der Waals surface area (Å²) in [4.78, 5) is 1.10. The summed E-state index contributed by atoms with van der Waals surface area (Å²) < 4.78 is 14.7. The average molecular weight is 361 g/mol. The summed E-state index contributed by atoms with van der Waals surface area (Å²) >= 11 is 10.7. The normalized spacial score (nSPS) is 12.4. The van der Waals surface area contributed by atoms with Crippen LogP contribution in [0.5, 0.6) is 0 Å². The van der Waals surface area contributed by atoms with Crippen molar-refractivity contribution >= 4 is 39.3 Å². The lowest BCUT2D eigenvalue weighted by atomic mass is 10.1. The quantitative estimate of drug-likeness (QED) is 0.774. The molecule has 1 atom stereocenters. The molecule has 0 fully saturated rings. The second-order valence-electron chi connectivity index (χ2n) is 4.04. The first-order valence-corrected chi connectivity index (χ1v) is 7.81. The Bertz CT molecular complexity index is 562. The Kier molecular flexibility index (Phi) is 5.28. The number of rotatable bonds is 4. The first-order chi connectivity index (χ1) is 9.06. The maximum Gasteiger partial charge on any atom is 0.129 e. The Hall–Kier alpha value is -0.550. The Morgan fingerprint density at radius 3 is 2.53 bits per heavy atom. The van der Waals surface area contributed by atoms with Crippen molar-refractivity contribution in [3.63, 3.8) is 0 Å². The fourth-order valence-electron chi connectivity index (χ4n) is 1.61. The van der Waals surface area contributed by atoms with E-state index in [-0.39, 0.29) is 11.9 Å². The molecule has 2 N–H and O–H groups in total. The van der Waals surface area contributed by atoms with Gasteiger partial charge >= 0.3 is 0 Å². The minimum atomic E-state index is -0.356. The van der Waals surface area contributed by atoms with Gasteiger partial charge in [0, 0.05) is 31.7 Å². The maximum atomic E-state index is 13.7. The molecule has 19 heavy (non-hydrogen) atoms. The molecule has 0 aliphatic carbocycles. The van der Waals surface area contributed by atoms with E-state index in [2.05, 4.69) is 15.9 Å². The van der Waals surface area contributed by atoms with Crippen molar-refractivity contribution in [2.45, 2.75) is 10.9 Å². The Morgan fingerprint density at radius 1 is 1.21 bits per heavy atom. The van der Waals surface area contributed by atoms with E-state index in [4.69, 9.17) is 17.3 Å². The van der Waals surface area contributed by atoms with Gasteiger partial charge in [-0.15, -0.1) is 11.8 Å². The molecule has 0 heterocycles. The summed E-state index contributed by atoms with van der Waals surface area (Å²) in [6.45, 7) is 0. The minimum absolute atomic E-state index is 0.351. The molecule has 0 radical (unpaired) electrons. The molecule has 0 saturated carbocycles. The van der Waals surface area contributed by atoms with E-state index in [1.165, 1.54) is 6.07 Å². The first kappa shape index (κ1) is 14.9. The van der Waals surface area contributed by atoms with Gasteiger partial charge in [0.25, 0.3) is 0 Å². The van der Waals surface area contributed by atoms with Crippen molar-refractivity contribution in [2.75, 3.05) is 5.75 Å². The summed E-state index contributed by atoms with van der Waals surface area (Å²) in [5.74, 6) is 0.261. The van der Waals surface area contributed by atoms with Crippen molar-refractivity contribution in [1.82, 2.24) is 0 Å². The van der Waals surface area contributed by atoms with Crippen LogP contribution in [0.1, 0.15) is 11.6 Å². The summed E-state index contributed by atoms with van der Waals surface area (Å²) in [5.41, 5.74) is 6.50. The van der Waals surface area contributed by atoms with Crippen LogP contribution in [0.15, 0.2) is 51.8 Å². The van der Waals surface area contributed by atoms with Crippen LogP contribution in [0.2, 0.25) is 5.02 Å². The summed E-state index contributed by atoms with van der Waals surface area (Å²) in [6, 6.07) is 12.2. The lowest BCUT2D eigenvalue weighted by Gasteiger charge is -2.13. The van der Waals surface area contributed by atoms with Crippen LogP contribution in [0, 0.1) is 5.82 Å². The number of benzene rings is 2. The Balaban J connectivity index is 2.01. The molecular weight excluding hydrogens is 349 g/mol. The van der Waals surface area contributed by atoms with Gasteiger partial charge in [0.05, 0.1) is 0 Å². The topological polar surface area (TPSA) is 26.0 Å². The Labute approximate surface area is 129 Å². The molecule has 0 spiro atoms. The molecule has 2 aromatic carbocycles. The van der Waals surface area contributed by atoms with E-state index in [1.807, 2.05) is 24.3 Å². The highest BCUT2D eigenvalue weighted by Gasteiger charge is 2.12. The third-order valence-electron chi connectivity index (χ3n) is 2.61. The highest BCUT2D eigenvalue weighted by Crippen LogP contribution is 2.26. The number of hydrogen-bond donors (Lipinski definition) is 1. The lowest BCUT2D eigenvalue weighted by molar-refractivity contribution is 0.595. The third kappa shape index (κ3) is 4.21. The van der Waals surface area contributed by atoms with Crippen molar-refractivity contribution in [1.29, 1.82) is 0 Å². The predicted octanol–water partition coefficient (Wildman–Crippen LogP) is 5.03. The second-order valence-corrected chi connectivity index (χ2v) is 6.48. The van der Waals surface area contributed by atoms with E-state index in [0.29, 0.717) is 16.3 Å². The van der Waals surface area contributed by atoms with E-state index < -0.39 is 0 Å². The van der Waals surface area contributed by atoms with Gasteiger partial charge in [-0.2, -0.15) is 0 Å². The second kappa shape index (κ2) is 6.75. The molecule has 0 amide bonds. The number of thioether (sulfide) groups is 1. The van der Waals surface area contributed by atoms with Crippen molar-refractivity contribution in [3.05, 3.63) is 63.3 Å². The van der Waals surface area contributed by atoms with Crippen LogP contribution in [0.25, 0.3) is 0 Å². The molecule has 1 unspecified atom stereocenters. The molecule has 2 aromatic rings. The van der Waals surface area contributed by atoms with E-state index in [0.717, 1.165) is 9.37 Å². The van der Waals surface area contributed by atoms with Gasteiger partial charge in [-0.3, -0.25) is 0 Å². The van der Waals surface area contributed by atoms with Crippen LogP contribution in [-0.2, 0) is 0 Å². The molecule has 2 rings (SSSR count). The van der Waals surface area contributed by atoms with Crippen LogP contribution in [0.3, 0.4) is 0 Å². The Morgan fingerprint density at radius 2 is 1.89 bits per heavy atom. The summed E-state index contributed by atoms with van der Waals surface area (Å²) in [6.07, 6.45) is 0. The van der Waals surface area contributed by atoms with Crippen molar-refractivity contribution in [3.8, 4) is 0 Å². The van der Waals surface area contributed by atoms with E-state index in [9.17, 15) is 4.39 Å². The smallest absolute Gasteiger partial charge is 0.129 e. The zero-order valence-electron chi connectivity index (χ0n) is 9.95. The van der Waals surface area contributed by atoms with Gasteiger partial charge < -0.3 is 5.73 Å². The van der Waals surface area contributed by atoms with Crippen LogP contribution in [-0.4, -0.2) is 5.75 Å². The standard InChI is InChI=1S/C14H12BrClFNS/c15-9-1-4-11(5-2-9)19-8-14(18)12-6-3-10(16)7-13(12)17/h1-7,14H,8,18H2. The lowest BCUT2D eigenvalue weighted by Crippen LogP contribution is -2.14. The average Bonchev–Trinajstić information content (AvgIpc) is 2.37. The zero-order valence-corrected chi connectivity index (χ0v) is 13.1. The first-order valence-electron chi connectivity index (χ1n) is 5.65. The fourth-order valence-corrected chi connectivity index (χ4v) is 2.91. The molecule has 0 aromatic heterocycles. The molecule has 5 heteroatoms. The molecular formula is C14H12BrClFNS. The minimum Gasteiger partial charge on any atom is -0.323 e. The molecule has 0 bridgehead atoms. The number of hydrogen-bond acceptors (Lipinski definition) is 2. The molecule has 100 valence electrons. The van der Waals surface area contributed by atoms with E-state index in [1.54, 1.807) is 23.9 Å². The van der Waals surface area contributed by atoms with Crippen molar-refractivity contribution in [2.24, 2.45) is 5.73 Å². The molecule has 0 aliphatic heterocycles. The molecule has 1 nitrogen and oxygen atoms in total. The van der Waals surface area contributed by atoms with Gasteiger partial charge in [0.15, 0.2) is 0 Å². The van der Waals surface area contributed by atoms with Crippen LogP contribution in [0.4, 0.5) is 4.39 Å². The predicted molar refractivity (Wildman–Crippen MR) is 83.2 cm³/mol. The third-order valence-corrected chi connectivity index (χ3v) is 4.50. The molecule has 0 aliphatic rings. The van der Waals surface area contributed by atoms with Crippen LogP contribution < -0.4 is 5.73 Å². The van der Waals surface area contributed by atoms with Gasteiger partial charge in [0.1, 0.15) is 5.82 Å². The van der Waals surface area contributed by atoms with Crippen LogP contribution >= 0.6 is 39.3 Å². The summed E-state index contributed by atoms with van der Waals surface area (Å²) in [7, 11) is 0. The summed E-state index contributed by atoms with van der Waals surface area (Å²) in [5, 5.41) is 0.383. The SMILES string of the molecule is NC(CSc1ccc(Br)cc1)c1ccc(Cl)cc1F. The number of halogens is 3. The van der Waals surface area contributed by atoms with E-state index >= 15 is 0 Å². The van der Waals surface area contributed by atoms with Gasteiger partial charge in [-0.1, -0.05) is 33.6 Å². The monoisotopic (exact) mass is 359 g/mol. The number of nitrogens with two attached hydrogens (primary N) is 1.